The second-order valence-corrected chi connectivity index (χ2v) is 16.2. The van der Waals surface area contributed by atoms with Gasteiger partial charge in [-0.25, -0.2) is 0 Å². The Bertz CT molecular complexity index is 3090. The summed E-state index contributed by atoms with van der Waals surface area (Å²) in [4.78, 5) is 0. The first-order chi connectivity index (χ1) is 29.8. The monoisotopic (exact) mass is 784 g/mol. The van der Waals surface area contributed by atoms with Gasteiger partial charge >= 0.3 is 0 Å². The second kappa shape index (κ2) is 17.2. The number of aryl methyl sites for hydroxylation is 5. The minimum Gasteiger partial charge on any atom is -0.460 e. The first-order valence-electron chi connectivity index (χ1n) is 21.3. The van der Waals surface area contributed by atoms with Gasteiger partial charge in [0.15, 0.2) is 0 Å². The number of hydrogen-bond donors (Lipinski definition) is 0. The van der Waals surface area contributed by atoms with E-state index in [-0.39, 0.29) is 6.71 Å². The Kier molecular flexibility index (Phi) is 11.1. The zero-order valence-corrected chi connectivity index (χ0v) is 35.6. The maximum Gasteiger partial charge on any atom is 0.241 e. The van der Waals surface area contributed by atoms with Crippen molar-refractivity contribution in [3.8, 4) is 44.5 Å². The molecular weight excluding hydrogens is 735 g/mol. The molecule has 1 aromatic heterocycles. The molecule has 0 spiro atoms. The van der Waals surface area contributed by atoms with E-state index in [1.54, 1.807) is 0 Å². The summed E-state index contributed by atoms with van der Waals surface area (Å²) in [5.41, 5.74) is 19.6. The van der Waals surface area contributed by atoms with E-state index in [0.29, 0.717) is 0 Å². The molecule has 10 aromatic rings. The van der Waals surface area contributed by atoms with Gasteiger partial charge in [-0.1, -0.05) is 222 Å². The average Bonchev–Trinajstić information content (AvgIpc) is 3.61. The topological polar surface area (TPSA) is 13.1 Å². The molecule has 0 amide bonds. The van der Waals surface area contributed by atoms with Crippen LogP contribution in [0.3, 0.4) is 0 Å². The lowest BCUT2D eigenvalue weighted by Gasteiger charge is -2.19. The van der Waals surface area contributed by atoms with Crippen molar-refractivity contribution in [2.24, 2.45) is 0 Å². The molecule has 10 rings (SSSR count). The number of para-hydroxylation sites is 1. The molecule has 1 nitrogen and oxygen atoms in total. The van der Waals surface area contributed by atoms with Gasteiger partial charge in [0.1, 0.15) is 11.3 Å². The Morgan fingerprint density at radius 3 is 1.39 bits per heavy atom. The molecule has 0 aliphatic rings. The van der Waals surface area contributed by atoms with Crippen molar-refractivity contribution in [2.45, 2.75) is 34.6 Å². The summed E-state index contributed by atoms with van der Waals surface area (Å²) in [7, 11) is 0. The molecule has 0 radical (unpaired) electrons. The molecule has 0 aliphatic heterocycles. The zero-order chi connectivity index (χ0) is 41.9. The summed E-state index contributed by atoms with van der Waals surface area (Å²) >= 11 is 0. The van der Waals surface area contributed by atoms with Crippen molar-refractivity contribution in [1.29, 1.82) is 0 Å². The molecule has 0 aliphatic carbocycles. The van der Waals surface area contributed by atoms with Gasteiger partial charge in [-0.3, -0.25) is 0 Å². The van der Waals surface area contributed by atoms with E-state index in [2.05, 4.69) is 216 Å². The predicted octanol–water partition coefficient (Wildman–Crippen LogP) is 14.0. The summed E-state index contributed by atoms with van der Waals surface area (Å²) in [5, 5.41) is 3.75. The molecular formula is C59H49BO. The quantitative estimate of drug-likeness (QED) is 0.147. The molecule has 294 valence electrons. The van der Waals surface area contributed by atoms with E-state index in [1.165, 1.54) is 88.2 Å². The number of hydrogen-bond acceptors (Lipinski definition) is 1. The number of furan rings is 1. The highest BCUT2D eigenvalue weighted by atomic mass is 16.3. The van der Waals surface area contributed by atoms with Gasteiger partial charge in [-0.2, -0.15) is 0 Å². The van der Waals surface area contributed by atoms with E-state index >= 15 is 0 Å². The third-order valence-corrected chi connectivity index (χ3v) is 12.4. The van der Waals surface area contributed by atoms with Gasteiger partial charge in [-0.15, -0.1) is 0 Å². The van der Waals surface area contributed by atoms with Crippen molar-refractivity contribution in [3.05, 3.63) is 234 Å². The van der Waals surface area contributed by atoms with Crippen LogP contribution in [-0.4, -0.2) is 6.71 Å². The van der Waals surface area contributed by atoms with Crippen molar-refractivity contribution in [3.63, 3.8) is 0 Å². The van der Waals surface area contributed by atoms with Gasteiger partial charge in [0.05, 0.1) is 0 Å². The SMILES string of the molecule is Cc1ccccc1.Cc1ccccc1-c1cc(-c2ccc(B(c3ccc(-c4ccccc4)cc3)c3ccc(-c4cccc5c(C)c(C)oc45)cc3)cc2)c2ccccc2c1C. The predicted molar refractivity (Wildman–Crippen MR) is 263 cm³/mol. The number of rotatable bonds is 7. The van der Waals surface area contributed by atoms with Gasteiger partial charge < -0.3 is 4.42 Å². The molecule has 0 fully saturated rings. The molecule has 0 N–H and O–H groups in total. The Morgan fingerprint density at radius 1 is 0.328 bits per heavy atom. The number of benzene rings is 9. The maximum atomic E-state index is 6.27. The van der Waals surface area contributed by atoms with Crippen LogP contribution in [0.2, 0.25) is 0 Å². The van der Waals surface area contributed by atoms with E-state index in [0.717, 1.165) is 22.5 Å². The molecule has 0 bridgehead atoms. The summed E-state index contributed by atoms with van der Waals surface area (Å²) in [6, 6.07) is 74.8. The van der Waals surface area contributed by atoms with Gasteiger partial charge in [0.2, 0.25) is 6.71 Å². The molecule has 61 heavy (non-hydrogen) atoms. The molecule has 0 saturated heterocycles. The van der Waals surface area contributed by atoms with E-state index in [4.69, 9.17) is 4.42 Å². The van der Waals surface area contributed by atoms with Crippen LogP contribution in [0, 0.1) is 34.6 Å². The lowest BCUT2D eigenvalue weighted by molar-refractivity contribution is 0.576. The van der Waals surface area contributed by atoms with Gasteiger partial charge in [-0.05, 0) is 107 Å². The first-order valence-corrected chi connectivity index (χ1v) is 21.3. The minimum absolute atomic E-state index is 0.0547. The van der Waals surface area contributed by atoms with Crippen LogP contribution in [0.1, 0.15) is 28.0 Å². The summed E-state index contributed by atoms with van der Waals surface area (Å²) in [6.07, 6.45) is 0. The van der Waals surface area contributed by atoms with Gasteiger partial charge in [0, 0.05) is 10.9 Å². The van der Waals surface area contributed by atoms with Crippen LogP contribution in [0.5, 0.6) is 0 Å². The summed E-state index contributed by atoms with van der Waals surface area (Å²) in [6.45, 7) is 10.8. The average molecular weight is 785 g/mol. The highest BCUT2D eigenvalue weighted by Gasteiger charge is 2.23. The summed E-state index contributed by atoms with van der Waals surface area (Å²) < 4.78 is 6.27. The van der Waals surface area contributed by atoms with Crippen molar-refractivity contribution < 1.29 is 4.42 Å². The van der Waals surface area contributed by atoms with Crippen molar-refractivity contribution >= 4 is 44.8 Å². The van der Waals surface area contributed by atoms with Crippen molar-refractivity contribution in [1.82, 2.24) is 0 Å². The Balaban J connectivity index is 0.000000620. The Morgan fingerprint density at radius 2 is 0.803 bits per heavy atom. The Hall–Kier alpha value is -7.16. The molecule has 9 aromatic carbocycles. The van der Waals surface area contributed by atoms with Crippen molar-refractivity contribution in [2.75, 3.05) is 0 Å². The molecule has 1 heterocycles. The van der Waals surface area contributed by atoms with E-state index in [9.17, 15) is 0 Å². The third-order valence-electron chi connectivity index (χ3n) is 12.4. The lowest BCUT2D eigenvalue weighted by atomic mass is 9.37. The molecule has 0 unspecified atom stereocenters. The fraction of sp³-hybridized carbons (Fsp3) is 0.0847. The maximum absolute atomic E-state index is 6.27. The molecule has 0 atom stereocenters. The lowest BCUT2D eigenvalue weighted by Crippen LogP contribution is -2.51. The fourth-order valence-corrected chi connectivity index (χ4v) is 8.82. The zero-order valence-electron chi connectivity index (χ0n) is 35.6. The van der Waals surface area contributed by atoms with Crippen LogP contribution < -0.4 is 16.4 Å². The molecule has 0 saturated carbocycles. The first kappa shape index (κ1) is 39.3. The fourth-order valence-electron chi connectivity index (χ4n) is 8.82. The standard InChI is InChI=1S/C52H41BO.C7H8/c1-34-13-8-9-16-45(34)50-33-51(49-18-11-10-17-46(49)36(50)3)41-25-31-44(32-26-41)53(42-27-21-39(22-28-42)38-14-6-5-7-15-38)43-29-23-40(24-30-43)48-20-12-19-47-35(2)37(4)54-52(47)48;1-7-5-3-2-4-6-7/h5-33H,1-4H3;2-6H,1H3. The van der Waals surface area contributed by atoms with Crippen LogP contribution in [0.25, 0.3) is 66.2 Å². The molecule has 2 heteroatoms. The summed E-state index contributed by atoms with van der Waals surface area (Å²) in [5.74, 6) is 0.974. The van der Waals surface area contributed by atoms with Crippen LogP contribution in [0.4, 0.5) is 0 Å². The van der Waals surface area contributed by atoms with Crippen LogP contribution >= 0.6 is 0 Å². The van der Waals surface area contributed by atoms with Gasteiger partial charge in [0.25, 0.3) is 0 Å². The number of fused-ring (bicyclic) bond motifs is 2. The smallest absolute Gasteiger partial charge is 0.241 e. The third kappa shape index (κ3) is 7.98. The highest BCUT2D eigenvalue weighted by molar-refractivity contribution is 6.95. The van der Waals surface area contributed by atoms with Crippen LogP contribution in [0.15, 0.2) is 211 Å². The normalized spacial score (nSPS) is 11.0. The van der Waals surface area contributed by atoms with E-state index in [1.807, 2.05) is 25.1 Å². The highest BCUT2D eigenvalue weighted by Crippen LogP contribution is 2.38. The largest absolute Gasteiger partial charge is 0.460 e. The van der Waals surface area contributed by atoms with Crippen LogP contribution in [-0.2, 0) is 0 Å². The minimum atomic E-state index is 0.0547. The second-order valence-electron chi connectivity index (χ2n) is 16.2. The van der Waals surface area contributed by atoms with E-state index < -0.39 is 0 Å². The Labute approximate surface area is 361 Å².